The van der Waals surface area contributed by atoms with Crippen LogP contribution in [-0.2, 0) is 32.2 Å². The minimum atomic E-state index is -3.05. The van der Waals surface area contributed by atoms with Crippen molar-refractivity contribution in [3.63, 3.8) is 0 Å². The van der Waals surface area contributed by atoms with E-state index in [1.54, 1.807) is 0 Å². The number of nitrogens with one attached hydrogen (secondary N) is 1. The normalized spacial score (nSPS) is 24.3. The van der Waals surface area contributed by atoms with Gasteiger partial charge < -0.3 is 10.1 Å². The van der Waals surface area contributed by atoms with Gasteiger partial charge in [-0.15, -0.1) is 11.3 Å². The molecular formula is C19H27NO5S2. The Morgan fingerprint density at radius 1 is 1.30 bits per heavy atom. The average Bonchev–Trinajstić information content (AvgIpc) is 3.13. The van der Waals surface area contributed by atoms with E-state index < -0.39 is 21.7 Å². The number of sulfone groups is 1. The third-order valence-corrected chi connectivity index (χ3v) is 8.43. The summed E-state index contributed by atoms with van der Waals surface area (Å²) in [5.74, 6) is -0.305. The van der Waals surface area contributed by atoms with E-state index in [1.807, 2.05) is 6.07 Å². The fourth-order valence-corrected chi connectivity index (χ4v) is 6.52. The third-order valence-electron chi connectivity index (χ3n) is 5.44. The average molecular weight is 414 g/mol. The summed E-state index contributed by atoms with van der Waals surface area (Å²) in [6, 6.07) is 1.52. The van der Waals surface area contributed by atoms with Crippen LogP contribution in [0.15, 0.2) is 6.07 Å². The maximum Gasteiger partial charge on any atom is 0.348 e. The molecule has 0 radical (unpaired) electrons. The van der Waals surface area contributed by atoms with Crippen LogP contribution >= 0.6 is 11.3 Å². The molecule has 2 heterocycles. The SMILES string of the molecule is CC(C)(C)[C@@H]1CCc2sc(C(=O)OCC(=O)N[C@@H]3CCS(=O)(=O)C3)cc2C1. The maximum atomic E-state index is 12.3. The standard InChI is InChI=1S/C19H27NO5S2/c1-19(2,3)13-4-5-15-12(8-13)9-16(26-15)18(22)25-10-17(21)20-14-6-7-27(23,24)11-14/h9,13-14H,4-8,10-11H2,1-3H3,(H,20,21)/t13-,14-/m1/s1. The monoisotopic (exact) mass is 413 g/mol. The van der Waals surface area contributed by atoms with Crippen molar-refractivity contribution in [2.75, 3.05) is 18.1 Å². The zero-order chi connectivity index (χ0) is 19.8. The number of amides is 1. The Morgan fingerprint density at radius 3 is 2.67 bits per heavy atom. The Kier molecular flexibility index (Phi) is 5.68. The van der Waals surface area contributed by atoms with Gasteiger partial charge in [0.05, 0.1) is 11.5 Å². The summed E-state index contributed by atoms with van der Waals surface area (Å²) >= 11 is 1.45. The summed E-state index contributed by atoms with van der Waals surface area (Å²) in [6.07, 6.45) is 3.48. The van der Waals surface area contributed by atoms with Crippen molar-refractivity contribution in [1.82, 2.24) is 5.32 Å². The van der Waals surface area contributed by atoms with E-state index >= 15 is 0 Å². The Hall–Kier alpha value is -1.41. The van der Waals surface area contributed by atoms with Crippen LogP contribution in [0.1, 0.15) is 53.7 Å². The van der Waals surface area contributed by atoms with Gasteiger partial charge in [-0.3, -0.25) is 4.79 Å². The van der Waals surface area contributed by atoms with Gasteiger partial charge in [-0.2, -0.15) is 0 Å². The lowest BCUT2D eigenvalue weighted by molar-refractivity contribution is -0.124. The molecule has 0 bridgehead atoms. The van der Waals surface area contributed by atoms with Gasteiger partial charge in [0, 0.05) is 10.9 Å². The maximum absolute atomic E-state index is 12.3. The van der Waals surface area contributed by atoms with Gasteiger partial charge in [0.2, 0.25) is 0 Å². The van der Waals surface area contributed by atoms with Crippen LogP contribution in [-0.4, -0.2) is 44.4 Å². The number of rotatable bonds is 4. The first-order valence-corrected chi connectivity index (χ1v) is 12.0. The molecular weight excluding hydrogens is 386 g/mol. The number of carbonyl (C=O) groups is 2. The molecule has 1 aliphatic carbocycles. The molecule has 1 saturated heterocycles. The molecule has 1 N–H and O–H groups in total. The predicted octanol–water partition coefficient (Wildman–Crippen LogP) is 2.36. The largest absolute Gasteiger partial charge is 0.451 e. The molecule has 1 fully saturated rings. The molecule has 1 aliphatic heterocycles. The number of hydrogen-bond donors (Lipinski definition) is 1. The number of aryl methyl sites for hydroxylation is 1. The number of hydrogen-bond acceptors (Lipinski definition) is 6. The summed E-state index contributed by atoms with van der Waals surface area (Å²) < 4.78 is 28.0. The van der Waals surface area contributed by atoms with Crippen LogP contribution in [0, 0.1) is 11.3 Å². The molecule has 0 aromatic carbocycles. The minimum Gasteiger partial charge on any atom is -0.451 e. The summed E-state index contributed by atoms with van der Waals surface area (Å²) in [5, 5.41) is 2.62. The third kappa shape index (κ3) is 5.10. The first-order chi connectivity index (χ1) is 12.5. The van der Waals surface area contributed by atoms with Crippen molar-refractivity contribution >= 4 is 33.1 Å². The van der Waals surface area contributed by atoms with Crippen molar-refractivity contribution in [2.24, 2.45) is 11.3 Å². The van der Waals surface area contributed by atoms with Crippen LogP contribution in [0.25, 0.3) is 0 Å². The van der Waals surface area contributed by atoms with Crippen LogP contribution in [0.2, 0.25) is 0 Å². The van der Waals surface area contributed by atoms with Crippen molar-refractivity contribution in [1.29, 1.82) is 0 Å². The summed E-state index contributed by atoms with van der Waals surface area (Å²) in [5.41, 5.74) is 1.46. The van der Waals surface area contributed by atoms with Gasteiger partial charge in [0.25, 0.3) is 5.91 Å². The molecule has 1 aromatic rings. The smallest absolute Gasteiger partial charge is 0.348 e. The van der Waals surface area contributed by atoms with Crippen molar-refractivity contribution in [3.05, 3.63) is 21.4 Å². The molecule has 150 valence electrons. The van der Waals surface area contributed by atoms with Gasteiger partial charge in [0.15, 0.2) is 16.4 Å². The van der Waals surface area contributed by atoms with E-state index in [0.717, 1.165) is 19.3 Å². The zero-order valence-electron chi connectivity index (χ0n) is 16.0. The quantitative estimate of drug-likeness (QED) is 0.766. The van der Waals surface area contributed by atoms with Gasteiger partial charge in [-0.05, 0) is 48.6 Å². The van der Waals surface area contributed by atoms with Crippen molar-refractivity contribution in [2.45, 2.75) is 52.5 Å². The molecule has 6 nitrogen and oxygen atoms in total. The molecule has 0 spiro atoms. The second kappa shape index (κ2) is 7.54. The van der Waals surface area contributed by atoms with Crippen LogP contribution in [0.4, 0.5) is 0 Å². The lowest BCUT2D eigenvalue weighted by Crippen LogP contribution is -2.38. The summed E-state index contributed by atoms with van der Waals surface area (Å²) in [7, 11) is -3.05. The first kappa shape index (κ1) is 20.3. The predicted molar refractivity (Wildman–Crippen MR) is 105 cm³/mol. The zero-order valence-corrected chi connectivity index (χ0v) is 17.7. The molecule has 0 unspecified atom stereocenters. The highest BCUT2D eigenvalue weighted by atomic mass is 32.2. The molecule has 0 saturated carbocycles. The highest BCUT2D eigenvalue weighted by Crippen LogP contribution is 2.40. The molecule has 2 aliphatic rings. The second-order valence-electron chi connectivity index (χ2n) is 8.61. The minimum absolute atomic E-state index is 0.0424. The topological polar surface area (TPSA) is 89.5 Å². The van der Waals surface area contributed by atoms with Gasteiger partial charge >= 0.3 is 5.97 Å². The summed E-state index contributed by atoms with van der Waals surface area (Å²) in [4.78, 5) is 26.0. The molecule has 1 aromatic heterocycles. The number of thiophene rings is 1. The van der Waals surface area contributed by atoms with Crippen molar-refractivity contribution < 1.29 is 22.7 Å². The molecule has 1 amide bonds. The van der Waals surface area contributed by atoms with E-state index in [4.69, 9.17) is 4.74 Å². The fourth-order valence-electron chi connectivity index (χ4n) is 3.74. The highest BCUT2D eigenvalue weighted by Gasteiger charge is 2.31. The number of ether oxygens (including phenoxy) is 1. The van der Waals surface area contributed by atoms with Gasteiger partial charge in [-0.1, -0.05) is 20.8 Å². The lowest BCUT2D eigenvalue weighted by atomic mass is 9.72. The Labute approximate surface area is 164 Å². The van der Waals surface area contributed by atoms with E-state index in [1.165, 1.54) is 21.8 Å². The van der Waals surface area contributed by atoms with E-state index in [-0.39, 0.29) is 29.6 Å². The van der Waals surface area contributed by atoms with Crippen LogP contribution < -0.4 is 5.32 Å². The highest BCUT2D eigenvalue weighted by molar-refractivity contribution is 7.91. The lowest BCUT2D eigenvalue weighted by Gasteiger charge is -2.33. The molecule has 2 atom stereocenters. The molecule has 8 heteroatoms. The Bertz CT molecular complexity index is 835. The van der Waals surface area contributed by atoms with E-state index in [9.17, 15) is 18.0 Å². The summed E-state index contributed by atoms with van der Waals surface area (Å²) in [6.45, 7) is 6.36. The van der Waals surface area contributed by atoms with E-state index in [0.29, 0.717) is 17.2 Å². The van der Waals surface area contributed by atoms with Crippen molar-refractivity contribution in [3.8, 4) is 0 Å². The van der Waals surface area contributed by atoms with Crippen LogP contribution in [0.3, 0.4) is 0 Å². The fraction of sp³-hybridized carbons (Fsp3) is 0.684. The number of fused-ring (bicyclic) bond motifs is 1. The van der Waals surface area contributed by atoms with Gasteiger partial charge in [-0.25, -0.2) is 13.2 Å². The first-order valence-electron chi connectivity index (χ1n) is 9.32. The molecule has 3 rings (SSSR count). The number of esters is 1. The van der Waals surface area contributed by atoms with Gasteiger partial charge in [0.1, 0.15) is 4.88 Å². The number of carbonyl (C=O) groups excluding carboxylic acids is 2. The molecule has 27 heavy (non-hydrogen) atoms. The van der Waals surface area contributed by atoms with Crippen LogP contribution in [0.5, 0.6) is 0 Å². The second-order valence-corrected chi connectivity index (χ2v) is 12.0. The van der Waals surface area contributed by atoms with E-state index in [2.05, 4.69) is 26.1 Å². The Morgan fingerprint density at radius 2 is 2.04 bits per heavy atom. The Balaban J connectivity index is 1.52.